The third-order valence-electron chi connectivity index (χ3n) is 18.7. The van der Waals surface area contributed by atoms with Crippen LogP contribution in [0.3, 0.4) is 0 Å². The van der Waals surface area contributed by atoms with E-state index in [4.69, 9.17) is 4.74 Å². The Kier molecular flexibility index (Phi) is 74.8. The molecule has 0 aliphatic heterocycles. The molecule has 0 rings (SSSR count). The van der Waals surface area contributed by atoms with Gasteiger partial charge in [0, 0.05) is 12.8 Å². The molecule has 0 saturated heterocycles. The van der Waals surface area contributed by atoms with Crippen molar-refractivity contribution in [2.45, 2.75) is 456 Å². The Morgan fingerprint density at radius 2 is 0.575 bits per heavy atom. The van der Waals surface area contributed by atoms with Gasteiger partial charge >= 0.3 is 5.97 Å². The highest BCUT2D eigenvalue weighted by molar-refractivity contribution is 5.76. The minimum absolute atomic E-state index is 0.0125. The van der Waals surface area contributed by atoms with E-state index in [9.17, 15) is 19.8 Å². The summed E-state index contributed by atoms with van der Waals surface area (Å²) in [6.07, 6.45) is 99.4. The lowest BCUT2D eigenvalue weighted by Gasteiger charge is -2.22. The Balaban J connectivity index is 3.39. The molecule has 0 radical (unpaired) electrons. The monoisotopic (exact) mass is 1220 g/mol. The summed E-state index contributed by atoms with van der Waals surface area (Å²) >= 11 is 0. The van der Waals surface area contributed by atoms with E-state index < -0.39 is 12.1 Å². The fraction of sp³-hybridized carbons (Fsp3) is 0.901. The molecular weight excluding hydrogens is 1070 g/mol. The molecule has 0 spiro atoms. The third-order valence-corrected chi connectivity index (χ3v) is 18.7. The maximum absolute atomic E-state index is 12.6. The Bertz CT molecular complexity index is 1410. The number of aliphatic hydroxyl groups excluding tert-OH is 2. The van der Waals surface area contributed by atoms with Crippen molar-refractivity contribution in [1.82, 2.24) is 5.32 Å². The van der Waals surface area contributed by atoms with Crippen LogP contribution in [-0.4, -0.2) is 47.4 Å². The zero-order chi connectivity index (χ0) is 62.8. The first kappa shape index (κ1) is 85.1. The van der Waals surface area contributed by atoms with E-state index in [1.165, 1.54) is 360 Å². The first-order valence-corrected chi connectivity index (χ1v) is 39.7. The van der Waals surface area contributed by atoms with E-state index in [0.717, 1.165) is 51.4 Å². The van der Waals surface area contributed by atoms with Gasteiger partial charge in [-0.05, 0) is 83.5 Å². The van der Waals surface area contributed by atoms with Crippen LogP contribution in [0.2, 0.25) is 0 Å². The van der Waals surface area contributed by atoms with Crippen LogP contribution >= 0.6 is 0 Å². The van der Waals surface area contributed by atoms with Gasteiger partial charge in [0.25, 0.3) is 0 Å². The van der Waals surface area contributed by atoms with Crippen molar-refractivity contribution in [3.63, 3.8) is 0 Å². The average molecular weight is 1220 g/mol. The number of allylic oxidation sites excluding steroid dienone is 6. The van der Waals surface area contributed by atoms with Crippen LogP contribution in [0.1, 0.15) is 444 Å². The summed E-state index contributed by atoms with van der Waals surface area (Å²) in [6.45, 7) is 4.99. The molecule has 0 fully saturated rings. The number of aliphatic hydroxyl groups is 2. The predicted molar refractivity (Wildman–Crippen MR) is 384 cm³/mol. The topological polar surface area (TPSA) is 95.9 Å². The summed E-state index contributed by atoms with van der Waals surface area (Å²) in [5.74, 6) is -0.0186. The van der Waals surface area contributed by atoms with Gasteiger partial charge < -0.3 is 20.3 Å². The highest BCUT2D eigenvalue weighted by atomic mass is 16.5. The molecule has 0 bridgehead atoms. The van der Waals surface area contributed by atoms with Crippen molar-refractivity contribution in [1.29, 1.82) is 0 Å². The zero-order valence-electron chi connectivity index (χ0n) is 59.0. The molecule has 0 aliphatic carbocycles. The Morgan fingerprint density at radius 1 is 0.322 bits per heavy atom. The molecule has 87 heavy (non-hydrogen) atoms. The predicted octanol–water partition coefficient (Wildman–Crippen LogP) is 26.2. The Labute approximate surface area is 544 Å². The number of carbonyl (C=O) groups excluding carboxylic acids is 2. The van der Waals surface area contributed by atoms with Crippen molar-refractivity contribution in [2.24, 2.45) is 0 Å². The van der Waals surface area contributed by atoms with Gasteiger partial charge in [0.05, 0.1) is 25.4 Å². The van der Waals surface area contributed by atoms with Gasteiger partial charge in [-0.1, -0.05) is 384 Å². The second kappa shape index (κ2) is 76.5. The summed E-state index contributed by atoms with van der Waals surface area (Å²) in [5.41, 5.74) is 0. The van der Waals surface area contributed by atoms with E-state index in [0.29, 0.717) is 25.9 Å². The number of rotatable bonds is 75. The van der Waals surface area contributed by atoms with E-state index >= 15 is 0 Å². The van der Waals surface area contributed by atoms with Gasteiger partial charge in [-0.2, -0.15) is 0 Å². The standard InChI is InChI=1S/C81H155NO5/c1-3-5-7-9-11-13-15-17-19-21-23-24-34-38-41-45-49-53-57-61-65-69-73-79(84)78(77-83)82-80(85)74-70-66-62-58-54-50-46-42-39-35-32-30-28-26-25-27-29-31-33-36-40-44-48-52-56-60-64-68-72-76-87-81(86)75-71-67-63-59-55-51-47-43-37-22-20-18-16-14-12-10-8-6-4-2/h18,20,25,27,31,33,78-79,83-84H,3-17,19,21-24,26,28-30,32,34-77H2,1-2H3,(H,82,85)/b20-18-,27-25-,33-31-. The number of ether oxygens (including phenoxy) is 1. The minimum atomic E-state index is -0.667. The van der Waals surface area contributed by atoms with Crippen LogP contribution in [0.5, 0.6) is 0 Å². The maximum atomic E-state index is 12.6. The van der Waals surface area contributed by atoms with E-state index in [1.54, 1.807) is 0 Å². The van der Waals surface area contributed by atoms with Crippen LogP contribution in [0.15, 0.2) is 36.5 Å². The third kappa shape index (κ3) is 73.0. The van der Waals surface area contributed by atoms with Crippen molar-refractivity contribution in [3.8, 4) is 0 Å². The number of hydrogen-bond donors (Lipinski definition) is 3. The molecule has 2 atom stereocenters. The molecular formula is C81H155NO5. The molecule has 514 valence electrons. The first-order valence-electron chi connectivity index (χ1n) is 39.7. The van der Waals surface area contributed by atoms with Crippen molar-refractivity contribution in [2.75, 3.05) is 13.2 Å². The average Bonchev–Trinajstić information content (AvgIpc) is 3.52. The summed E-state index contributed by atoms with van der Waals surface area (Å²) in [5, 5.41) is 23.5. The van der Waals surface area contributed by atoms with E-state index in [1.807, 2.05) is 0 Å². The van der Waals surface area contributed by atoms with Gasteiger partial charge in [0.15, 0.2) is 0 Å². The fourth-order valence-electron chi connectivity index (χ4n) is 12.6. The lowest BCUT2D eigenvalue weighted by atomic mass is 10.0. The van der Waals surface area contributed by atoms with Crippen LogP contribution in [0.4, 0.5) is 0 Å². The number of nitrogens with one attached hydrogen (secondary N) is 1. The first-order chi connectivity index (χ1) is 43.0. The highest BCUT2D eigenvalue weighted by Gasteiger charge is 2.20. The van der Waals surface area contributed by atoms with Gasteiger partial charge in [-0.3, -0.25) is 9.59 Å². The quantitative estimate of drug-likeness (QED) is 0.0320. The van der Waals surface area contributed by atoms with Gasteiger partial charge in [-0.15, -0.1) is 0 Å². The summed E-state index contributed by atoms with van der Waals surface area (Å²) < 4.78 is 5.51. The molecule has 0 aromatic heterocycles. The summed E-state index contributed by atoms with van der Waals surface area (Å²) in [7, 11) is 0. The Hall–Kier alpha value is -1.92. The molecule has 0 aliphatic rings. The molecule has 0 heterocycles. The number of esters is 1. The molecule has 1 amide bonds. The smallest absolute Gasteiger partial charge is 0.305 e. The second-order valence-corrected chi connectivity index (χ2v) is 27.4. The lowest BCUT2D eigenvalue weighted by molar-refractivity contribution is -0.143. The SMILES string of the molecule is CCCCCCCC/C=C\CCCCCCCCCCCC(=O)OCCCCCCCCCCC/C=C\C/C=C\CCCCCCCCCCCCCCCC(=O)NC(CO)C(O)CCCCCCCCCCCCCCCCCCCCCCCC. The van der Waals surface area contributed by atoms with E-state index in [-0.39, 0.29) is 18.5 Å². The highest BCUT2D eigenvalue weighted by Crippen LogP contribution is 2.20. The Morgan fingerprint density at radius 3 is 0.885 bits per heavy atom. The van der Waals surface area contributed by atoms with Gasteiger partial charge in [0.2, 0.25) is 5.91 Å². The number of amides is 1. The van der Waals surface area contributed by atoms with Gasteiger partial charge in [-0.25, -0.2) is 0 Å². The van der Waals surface area contributed by atoms with Gasteiger partial charge in [0.1, 0.15) is 0 Å². The largest absolute Gasteiger partial charge is 0.466 e. The molecule has 6 nitrogen and oxygen atoms in total. The minimum Gasteiger partial charge on any atom is -0.466 e. The second-order valence-electron chi connectivity index (χ2n) is 27.4. The molecule has 0 aromatic carbocycles. The normalized spacial score (nSPS) is 12.6. The molecule has 0 saturated carbocycles. The molecule has 0 aromatic rings. The van der Waals surface area contributed by atoms with Crippen molar-refractivity contribution >= 4 is 11.9 Å². The number of unbranched alkanes of at least 4 members (excludes halogenated alkanes) is 58. The number of hydrogen-bond acceptors (Lipinski definition) is 5. The lowest BCUT2D eigenvalue weighted by Crippen LogP contribution is -2.45. The summed E-state index contributed by atoms with van der Waals surface area (Å²) in [6, 6.07) is -0.544. The molecule has 2 unspecified atom stereocenters. The molecule has 6 heteroatoms. The number of carbonyl (C=O) groups is 2. The summed E-state index contributed by atoms with van der Waals surface area (Å²) in [4.78, 5) is 24.7. The van der Waals surface area contributed by atoms with Crippen LogP contribution in [0.25, 0.3) is 0 Å². The van der Waals surface area contributed by atoms with Crippen molar-refractivity contribution in [3.05, 3.63) is 36.5 Å². The fourth-order valence-corrected chi connectivity index (χ4v) is 12.6. The molecule has 3 N–H and O–H groups in total. The van der Waals surface area contributed by atoms with Crippen LogP contribution < -0.4 is 5.32 Å². The zero-order valence-corrected chi connectivity index (χ0v) is 59.0. The maximum Gasteiger partial charge on any atom is 0.305 e. The van der Waals surface area contributed by atoms with Crippen molar-refractivity contribution < 1.29 is 24.5 Å². The van der Waals surface area contributed by atoms with Crippen LogP contribution in [0, 0.1) is 0 Å². The van der Waals surface area contributed by atoms with E-state index in [2.05, 4.69) is 55.6 Å². The van der Waals surface area contributed by atoms with Crippen LogP contribution in [-0.2, 0) is 14.3 Å².